The fourth-order valence-electron chi connectivity index (χ4n) is 3.77. The Hall–Kier alpha value is -3.54. The highest BCUT2D eigenvalue weighted by molar-refractivity contribution is 6.14. The highest BCUT2D eigenvalue weighted by Gasteiger charge is 2.21. The van der Waals surface area contributed by atoms with Crippen LogP contribution >= 0.6 is 0 Å². The summed E-state index contributed by atoms with van der Waals surface area (Å²) in [6.07, 6.45) is 1.92. The second-order valence-electron chi connectivity index (χ2n) is 7.35. The predicted octanol–water partition coefficient (Wildman–Crippen LogP) is 4.89. The van der Waals surface area contributed by atoms with Gasteiger partial charge in [0.05, 0.1) is 0 Å². The number of phenols is 1. The molecule has 0 saturated heterocycles. The topological polar surface area (TPSA) is 84.0 Å². The summed E-state index contributed by atoms with van der Waals surface area (Å²) in [5.74, 6) is 0.202. The third-order valence-electron chi connectivity index (χ3n) is 5.23. The number of aromatic hydroxyl groups is 1. The maximum atomic E-state index is 12.1. The normalized spacial score (nSPS) is 12.0. The van der Waals surface area contributed by atoms with Gasteiger partial charge in [0.15, 0.2) is 16.7 Å². The minimum absolute atomic E-state index is 0.0534. The van der Waals surface area contributed by atoms with Crippen molar-refractivity contribution in [3.8, 4) is 16.9 Å². The van der Waals surface area contributed by atoms with Crippen LogP contribution in [-0.4, -0.2) is 19.9 Å². The van der Waals surface area contributed by atoms with Crippen molar-refractivity contribution >= 4 is 33.1 Å². The van der Waals surface area contributed by atoms with Crippen LogP contribution < -0.4 is 5.43 Å². The average Bonchev–Trinajstić information content (AvgIpc) is 3.25. The molecule has 6 nitrogen and oxygen atoms in total. The monoisotopic (exact) mass is 373 g/mol. The number of benzene rings is 2. The molecule has 0 amide bonds. The summed E-state index contributed by atoms with van der Waals surface area (Å²) < 4.78 is 8.22. The number of fused-ring (bicyclic) bond motifs is 4. The van der Waals surface area contributed by atoms with Gasteiger partial charge in [-0.15, -0.1) is 0 Å². The Morgan fingerprint density at radius 1 is 1.07 bits per heavy atom. The molecule has 3 heterocycles. The van der Waals surface area contributed by atoms with Gasteiger partial charge >= 0.3 is 0 Å². The summed E-state index contributed by atoms with van der Waals surface area (Å²) in [6.45, 7) is 5.95. The van der Waals surface area contributed by atoms with Crippen LogP contribution in [0.4, 0.5) is 0 Å². The number of hydrogen-bond donors (Lipinski definition) is 2. The maximum absolute atomic E-state index is 12.1. The molecule has 2 aromatic carbocycles. The van der Waals surface area contributed by atoms with E-state index in [4.69, 9.17) is 9.40 Å². The van der Waals surface area contributed by atoms with E-state index >= 15 is 0 Å². The molecule has 0 saturated carbocycles. The van der Waals surface area contributed by atoms with Gasteiger partial charge in [0.25, 0.3) is 0 Å². The molecular weight excluding hydrogens is 354 g/mol. The van der Waals surface area contributed by atoms with E-state index in [1.54, 1.807) is 31.2 Å². The number of hydrogen-bond acceptors (Lipinski definition) is 4. The average molecular weight is 373 g/mol. The lowest BCUT2D eigenvalue weighted by atomic mass is 10.0. The SMILES string of the molecule is Cc1c(=O)ccc2c1oc1c(-c3ccc(O)cc3)c3c[nH]n(C(C)C)c3nc12. The molecule has 0 aliphatic carbocycles. The van der Waals surface area contributed by atoms with E-state index < -0.39 is 0 Å². The van der Waals surface area contributed by atoms with Crippen LogP contribution in [0.5, 0.6) is 5.75 Å². The molecule has 0 aliphatic heterocycles. The molecule has 0 unspecified atom stereocenters. The zero-order chi connectivity index (χ0) is 19.6. The van der Waals surface area contributed by atoms with Crippen LogP contribution in [0, 0.1) is 6.92 Å². The smallest absolute Gasteiger partial charge is 0.185 e. The molecule has 0 fully saturated rings. The summed E-state index contributed by atoms with van der Waals surface area (Å²) in [5, 5.41) is 14.7. The van der Waals surface area contributed by atoms with Gasteiger partial charge in [-0.1, -0.05) is 12.1 Å². The molecule has 0 atom stereocenters. The Morgan fingerprint density at radius 3 is 2.54 bits per heavy atom. The van der Waals surface area contributed by atoms with Gasteiger partial charge in [-0.3, -0.25) is 9.48 Å². The number of phenolic OH excluding ortho intramolecular Hbond substituents is 1. The van der Waals surface area contributed by atoms with Crippen molar-refractivity contribution in [3.63, 3.8) is 0 Å². The first-order chi connectivity index (χ1) is 13.5. The molecule has 5 aromatic rings. The Morgan fingerprint density at radius 2 is 1.82 bits per heavy atom. The quantitative estimate of drug-likeness (QED) is 0.462. The van der Waals surface area contributed by atoms with Crippen LogP contribution in [0.15, 0.2) is 51.8 Å². The van der Waals surface area contributed by atoms with Crippen molar-refractivity contribution in [1.82, 2.24) is 14.8 Å². The number of rotatable bonds is 2. The minimum Gasteiger partial charge on any atom is -0.508 e. The maximum Gasteiger partial charge on any atom is 0.185 e. The van der Waals surface area contributed by atoms with Gasteiger partial charge in [-0.05, 0) is 50.6 Å². The van der Waals surface area contributed by atoms with Gasteiger partial charge in [0.1, 0.15) is 16.8 Å². The van der Waals surface area contributed by atoms with Crippen molar-refractivity contribution in [3.05, 3.63) is 58.4 Å². The van der Waals surface area contributed by atoms with Crippen LogP contribution in [-0.2, 0) is 0 Å². The zero-order valence-electron chi connectivity index (χ0n) is 15.8. The number of aromatic amines is 1. The lowest BCUT2D eigenvalue weighted by Gasteiger charge is -2.09. The van der Waals surface area contributed by atoms with Crippen LogP contribution in [0.25, 0.3) is 44.2 Å². The first kappa shape index (κ1) is 16.6. The molecular formula is C22H19N3O3. The number of furan rings is 1. The Kier molecular flexibility index (Phi) is 3.40. The fraction of sp³-hybridized carbons (Fsp3) is 0.182. The predicted molar refractivity (Wildman–Crippen MR) is 110 cm³/mol. The van der Waals surface area contributed by atoms with E-state index in [1.165, 1.54) is 0 Å². The Balaban J connectivity index is 2.02. The second-order valence-corrected chi connectivity index (χ2v) is 7.35. The summed E-state index contributed by atoms with van der Waals surface area (Å²) in [5.41, 5.74) is 5.07. The number of aryl methyl sites for hydroxylation is 1. The van der Waals surface area contributed by atoms with E-state index in [-0.39, 0.29) is 17.2 Å². The van der Waals surface area contributed by atoms with Gasteiger partial charge in [-0.2, -0.15) is 0 Å². The molecule has 3 aromatic heterocycles. The Bertz CT molecular complexity index is 1420. The molecule has 140 valence electrons. The van der Waals surface area contributed by atoms with E-state index in [2.05, 4.69) is 18.9 Å². The van der Waals surface area contributed by atoms with Gasteiger partial charge in [0.2, 0.25) is 0 Å². The molecule has 0 radical (unpaired) electrons. The summed E-state index contributed by atoms with van der Waals surface area (Å²) in [4.78, 5) is 17.0. The van der Waals surface area contributed by atoms with E-state index in [1.807, 2.05) is 23.0 Å². The third kappa shape index (κ3) is 2.21. The molecule has 6 heteroatoms. The van der Waals surface area contributed by atoms with Crippen molar-refractivity contribution in [1.29, 1.82) is 0 Å². The lowest BCUT2D eigenvalue weighted by Crippen LogP contribution is -2.03. The molecule has 2 N–H and O–H groups in total. The van der Waals surface area contributed by atoms with Crippen molar-refractivity contribution in [2.45, 2.75) is 26.8 Å². The summed E-state index contributed by atoms with van der Waals surface area (Å²) in [6, 6.07) is 10.6. The molecule has 0 bridgehead atoms. The number of nitrogens with zero attached hydrogens (tertiary/aromatic N) is 2. The molecule has 28 heavy (non-hydrogen) atoms. The largest absolute Gasteiger partial charge is 0.508 e. The van der Waals surface area contributed by atoms with Crippen molar-refractivity contribution in [2.24, 2.45) is 0 Å². The molecule has 0 aliphatic rings. The van der Waals surface area contributed by atoms with Gasteiger partial charge < -0.3 is 14.6 Å². The summed E-state index contributed by atoms with van der Waals surface area (Å²) in [7, 11) is 0. The number of nitrogens with one attached hydrogen (secondary N) is 1. The number of aromatic nitrogens is 3. The van der Waals surface area contributed by atoms with Gasteiger partial charge in [-0.25, -0.2) is 4.98 Å². The van der Waals surface area contributed by atoms with Crippen LogP contribution in [0.3, 0.4) is 0 Å². The standard InChI is InChI=1S/C22H19N3O3/c1-11(2)25-22-16(10-23-25)18(13-4-6-14(26)7-5-13)21-19(24-22)15-8-9-17(27)12(3)20(15)28-21/h4-11,23,26H,1-3H3. The van der Waals surface area contributed by atoms with Crippen LogP contribution in [0.1, 0.15) is 25.5 Å². The van der Waals surface area contributed by atoms with Crippen LogP contribution in [0.2, 0.25) is 0 Å². The van der Waals surface area contributed by atoms with E-state index in [9.17, 15) is 9.90 Å². The van der Waals surface area contributed by atoms with Crippen molar-refractivity contribution < 1.29 is 9.52 Å². The van der Waals surface area contributed by atoms with E-state index in [0.717, 1.165) is 33.1 Å². The highest BCUT2D eigenvalue weighted by atomic mass is 16.3. The minimum atomic E-state index is -0.0534. The zero-order valence-corrected chi connectivity index (χ0v) is 15.8. The third-order valence-corrected chi connectivity index (χ3v) is 5.23. The summed E-state index contributed by atoms with van der Waals surface area (Å²) >= 11 is 0. The Labute approximate surface area is 160 Å². The number of pyridine rings is 1. The first-order valence-corrected chi connectivity index (χ1v) is 9.20. The number of H-pyrrole nitrogens is 1. The molecule has 0 spiro atoms. The van der Waals surface area contributed by atoms with Gasteiger partial charge in [0, 0.05) is 34.1 Å². The highest BCUT2D eigenvalue weighted by Crippen LogP contribution is 2.40. The lowest BCUT2D eigenvalue weighted by molar-refractivity contribution is 0.475. The van der Waals surface area contributed by atoms with E-state index in [0.29, 0.717) is 16.7 Å². The fourth-order valence-corrected chi connectivity index (χ4v) is 3.77. The first-order valence-electron chi connectivity index (χ1n) is 9.20. The van der Waals surface area contributed by atoms with Crippen molar-refractivity contribution in [2.75, 3.05) is 0 Å². The second kappa shape index (κ2) is 5.73. The molecule has 5 rings (SSSR count).